The van der Waals surface area contributed by atoms with Gasteiger partial charge in [0, 0.05) is 14.9 Å². The summed E-state index contributed by atoms with van der Waals surface area (Å²) in [5.74, 6) is -0.173. The lowest BCUT2D eigenvalue weighted by atomic mass is 9.98. The van der Waals surface area contributed by atoms with Crippen LogP contribution in [0.5, 0.6) is 0 Å². The van der Waals surface area contributed by atoms with Gasteiger partial charge >= 0.3 is 0 Å². The minimum atomic E-state index is -0.173. The molecule has 102 valence electrons. The molecule has 2 aromatic rings. The van der Waals surface area contributed by atoms with Crippen LogP contribution in [0.3, 0.4) is 0 Å². The molecule has 1 aromatic carbocycles. The predicted molar refractivity (Wildman–Crippen MR) is 83.3 cm³/mol. The molecule has 0 spiro atoms. The van der Waals surface area contributed by atoms with Gasteiger partial charge in [0.1, 0.15) is 5.82 Å². The van der Waals surface area contributed by atoms with Crippen molar-refractivity contribution in [3.8, 4) is 0 Å². The Kier molecular flexibility index (Phi) is 5.13. The largest absolute Gasteiger partial charge is 0.306 e. The number of hydrogen-bond acceptors (Lipinski definition) is 2. The lowest BCUT2D eigenvalue weighted by Crippen LogP contribution is -2.24. The maximum atomic E-state index is 14.2. The van der Waals surface area contributed by atoms with Crippen molar-refractivity contribution < 1.29 is 4.39 Å². The summed E-state index contributed by atoms with van der Waals surface area (Å²) in [4.78, 5) is 1.23. The topological polar surface area (TPSA) is 12.0 Å². The van der Waals surface area contributed by atoms with E-state index in [2.05, 4.69) is 46.5 Å². The third-order valence-electron chi connectivity index (χ3n) is 3.10. The standard InChI is InChI=1S/C15H17BrFNS/c1-3-8-18-15(11-7-9-19-10(11)2)14-12(16)5-4-6-13(14)17/h4-7,9,15,18H,3,8H2,1-2H3. The van der Waals surface area contributed by atoms with Gasteiger partial charge in [-0.1, -0.05) is 28.9 Å². The van der Waals surface area contributed by atoms with Crippen molar-refractivity contribution >= 4 is 27.3 Å². The number of halogens is 2. The van der Waals surface area contributed by atoms with E-state index in [4.69, 9.17) is 0 Å². The smallest absolute Gasteiger partial charge is 0.129 e. The molecule has 0 saturated heterocycles. The van der Waals surface area contributed by atoms with Crippen molar-refractivity contribution in [3.63, 3.8) is 0 Å². The average molecular weight is 342 g/mol. The molecule has 19 heavy (non-hydrogen) atoms. The maximum Gasteiger partial charge on any atom is 0.129 e. The van der Waals surface area contributed by atoms with E-state index in [-0.39, 0.29) is 11.9 Å². The van der Waals surface area contributed by atoms with Crippen LogP contribution in [-0.2, 0) is 0 Å². The Morgan fingerprint density at radius 3 is 2.74 bits per heavy atom. The normalized spacial score (nSPS) is 12.6. The molecule has 1 unspecified atom stereocenters. The van der Waals surface area contributed by atoms with Crippen LogP contribution in [0.25, 0.3) is 0 Å². The molecular weight excluding hydrogens is 325 g/mol. The fourth-order valence-corrected chi connectivity index (χ4v) is 3.45. The summed E-state index contributed by atoms with van der Waals surface area (Å²) in [5, 5.41) is 5.50. The number of rotatable bonds is 5. The first-order valence-corrected chi connectivity index (χ1v) is 8.03. The highest BCUT2D eigenvalue weighted by atomic mass is 79.9. The van der Waals surface area contributed by atoms with Crippen molar-refractivity contribution in [3.05, 3.63) is 55.9 Å². The molecular formula is C15H17BrFNS. The molecule has 1 aromatic heterocycles. The fraction of sp³-hybridized carbons (Fsp3) is 0.333. The lowest BCUT2D eigenvalue weighted by molar-refractivity contribution is 0.544. The predicted octanol–water partition coefficient (Wildman–Crippen LogP) is 5.05. The summed E-state index contributed by atoms with van der Waals surface area (Å²) in [6.07, 6.45) is 1.02. The first-order chi connectivity index (χ1) is 9.15. The van der Waals surface area contributed by atoms with Gasteiger partial charge in [-0.25, -0.2) is 4.39 Å². The number of aryl methyl sites for hydroxylation is 1. The van der Waals surface area contributed by atoms with Gasteiger partial charge in [-0.05, 0) is 49.0 Å². The average Bonchev–Trinajstić information content (AvgIpc) is 2.79. The molecule has 4 heteroatoms. The molecule has 0 aliphatic rings. The Bertz CT molecular complexity index is 533. The van der Waals surface area contributed by atoms with Crippen LogP contribution in [-0.4, -0.2) is 6.54 Å². The number of thiophene rings is 1. The summed E-state index contributed by atoms with van der Waals surface area (Å²) in [7, 11) is 0. The van der Waals surface area contributed by atoms with Crippen LogP contribution < -0.4 is 5.32 Å². The molecule has 1 N–H and O–H groups in total. The second-order valence-corrected chi connectivity index (χ2v) is 6.43. The highest BCUT2D eigenvalue weighted by Gasteiger charge is 2.21. The van der Waals surface area contributed by atoms with E-state index in [9.17, 15) is 4.39 Å². The van der Waals surface area contributed by atoms with Crippen molar-refractivity contribution in [2.45, 2.75) is 26.3 Å². The first-order valence-electron chi connectivity index (χ1n) is 6.36. The zero-order valence-corrected chi connectivity index (χ0v) is 13.4. The SMILES string of the molecule is CCCNC(c1ccsc1C)c1c(F)cccc1Br. The van der Waals surface area contributed by atoms with Gasteiger partial charge in [0.15, 0.2) is 0 Å². The van der Waals surface area contributed by atoms with E-state index in [0.29, 0.717) is 5.56 Å². The minimum Gasteiger partial charge on any atom is -0.306 e. The summed E-state index contributed by atoms with van der Waals surface area (Å²) in [5.41, 5.74) is 1.85. The van der Waals surface area contributed by atoms with Crippen LogP contribution in [0.2, 0.25) is 0 Å². The zero-order chi connectivity index (χ0) is 13.8. The third kappa shape index (κ3) is 3.25. The number of nitrogens with one attached hydrogen (secondary N) is 1. The van der Waals surface area contributed by atoms with E-state index < -0.39 is 0 Å². The second kappa shape index (κ2) is 6.64. The van der Waals surface area contributed by atoms with Crippen LogP contribution in [0.1, 0.15) is 35.4 Å². The van der Waals surface area contributed by atoms with Crippen LogP contribution in [0.4, 0.5) is 4.39 Å². The summed E-state index contributed by atoms with van der Waals surface area (Å²) in [6.45, 7) is 5.05. The minimum absolute atomic E-state index is 0.0956. The number of hydrogen-bond donors (Lipinski definition) is 1. The highest BCUT2D eigenvalue weighted by Crippen LogP contribution is 2.34. The van der Waals surface area contributed by atoms with Gasteiger partial charge in [0.25, 0.3) is 0 Å². The fourth-order valence-electron chi connectivity index (χ4n) is 2.14. The molecule has 0 fully saturated rings. The van der Waals surface area contributed by atoms with Gasteiger partial charge in [-0.2, -0.15) is 0 Å². The quantitative estimate of drug-likeness (QED) is 0.802. The van der Waals surface area contributed by atoms with Crippen LogP contribution in [0, 0.1) is 12.7 Å². The molecule has 0 radical (unpaired) electrons. The highest BCUT2D eigenvalue weighted by molar-refractivity contribution is 9.10. The molecule has 1 nitrogen and oxygen atoms in total. The number of benzene rings is 1. The van der Waals surface area contributed by atoms with Crippen molar-refractivity contribution in [1.29, 1.82) is 0 Å². The first kappa shape index (κ1) is 14.7. The zero-order valence-electron chi connectivity index (χ0n) is 11.0. The Hall–Kier alpha value is -0.710. The van der Waals surface area contributed by atoms with Crippen LogP contribution in [0.15, 0.2) is 34.1 Å². The van der Waals surface area contributed by atoms with Crippen LogP contribution >= 0.6 is 27.3 Å². The summed E-state index contributed by atoms with van der Waals surface area (Å²) >= 11 is 5.17. The van der Waals surface area contributed by atoms with E-state index in [1.807, 2.05) is 6.07 Å². The Morgan fingerprint density at radius 2 is 2.16 bits per heavy atom. The summed E-state index contributed by atoms with van der Waals surface area (Å²) < 4.78 is 15.0. The Labute approximate surface area is 126 Å². The molecule has 0 saturated carbocycles. The monoisotopic (exact) mass is 341 g/mol. The van der Waals surface area contributed by atoms with Crippen molar-refractivity contribution in [1.82, 2.24) is 5.32 Å². The lowest BCUT2D eigenvalue weighted by Gasteiger charge is -2.21. The van der Waals surface area contributed by atoms with Gasteiger partial charge in [-0.15, -0.1) is 11.3 Å². The second-order valence-electron chi connectivity index (χ2n) is 4.45. The molecule has 1 heterocycles. The molecule has 1 atom stereocenters. The molecule has 0 aliphatic carbocycles. The Morgan fingerprint density at radius 1 is 1.37 bits per heavy atom. The summed E-state index contributed by atoms with van der Waals surface area (Å²) in [6, 6.07) is 7.11. The van der Waals surface area contributed by atoms with E-state index in [1.54, 1.807) is 17.4 Å². The molecule has 2 rings (SSSR count). The van der Waals surface area contributed by atoms with Crippen molar-refractivity contribution in [2.75, 3.05) is 6.54 Å². The van der Waals surface area contributed by atoms with E-state index in [1.165, 1.54) is 10.9 Å². The van der Waals surface area contributed by atoms with E-state index in [0.717, 1.165) is 23.0 Å². The Balaban J connectivity index is 2.46. The van der Waals surface area contributed by atoms with Crippen molar-refractivity contribution in [2.24, 2.45) is 0 Å². The van der Waals surface area contributed by atoms with E-state index >= 15 is 0 Å². The van der Waals surface area contributed by atoms with Gasteiger partial charge in [0.2, 0.25) is 0 Å². The van der Waals surface area contributed by atoms with Gasteiger partial charge in [0.05, 0.1) is 6.04 Å². The molecule has 0 aliphatic heterocycles. The van der Waals surface area contributed by atoms with Gasteiger partial charge < -0.3 is 5.32 Å². The van der Waals surface area contributed by atoms with Gasteiger partial charge in [-0.3, -0.25) is 0 Å². The molecule has 0 bridgehead atoms. The maximum absolute atomic E-state index is 14.2. The third-order valence-corrected chi connectivity index (χ3v) is 4.65. The molecule has 0 amide bonds.